The van der Waals surface area contributed by atoms with Gasteiger partial charge in [-0.3, -0.25) is 4.98 Å². The molecule has 2 N–H and O–H groups in total. The summed E-state index contributed by atoms with van der Waals surface area (Å²) in [6.45, 7) is 4.11. The first-order chi connectivity index (χ1) is 8.59. The summed E-state index contributed by atoms with van der Waals surface area (Å²) in [6, 6.07) is 9.95. The fourth-order valence-electron chi connectivity index (χ4n) is 1.98. The number of rotatable bonds is 3. The largest absolute Gasteiger partial charge is 0.323 e. The van der Waals surface area contributed by atoms with E-state index < -0.39 is 0 Å². The first-order valence-electron chi connectivity index (χ1n) is 6.01. The standard InChI is InChI=1S/C15H17ClN2/c1-10-3-4-13(9-14(10)16)15(17)11(2)12-5-7-18-8-6-12/h3-9,11,15H,17H2,1-2H3. The van der Waals surface area contributed by atoms with Gasteiger partial charge in [-0.1, -0.05) is 30.7 Å². The Morgan fingerprint density at radius 2 is 1.78 bits per heavy atom. The van der Waals surface area contributed by atoms with Gasteiger partial charge >= 0.3 is 0 Å². The maximum Gasteiger partial charge on any atom is 0.0438 e. The summed E-state index contributed by atoms with van der Waals surface area (Å²) in [4.78, 5) is 4.02. The van der Waals surface area contributed by atoms with E-state index in [4.69, 9.17) is 17.3 Å². The molecule has 0 fully saturated rings. The van der Waals surface area contributed by atoms with Crippen LogP contribution in [0.5, 0.6) is 0 Å². The first kappa shape index (κ1) is 13.1. The number of nitrogens with two attached hydrogens (primary N) is 1. The Balaban J connectivity index is 2.25. The van der Waals surface area contributed by atoms with E-state index in [1.165, 1.54) is 5.56 Å². The number of aryl methyl sites for hydroxylation is 1. The van der Waals surface area contributed by atoms with Gasteiger partial charge in [-0.15, -0.1) is 0 Å². The van der Waals surface area contributed by atoms with Crippen molar-refractivity contribution in [1.29, 1.82) is 0 Å². The second kappa shape index (κ2) is 5.51. The highest BCUT2D eigenvalue weighted by molar-refractivity contribution is 6.31. The summed E-state index contributed by atoms with van der Waals surface area (Å²) in [7, 11) is 0. The van der Waals surface area contributed by atoms with Crippen LogP contribution in [0.2, 0.25) is 5.02 Å². The second-order valence-electron chi connectivity index (χ2n) is 4.60. The number of pyridine rings is 1. The SMILES string of the molecule is Cc1ccc(C(N)C(C)c2ccncc2)cc1Cl. The van der Waals surface area contributed by atoms with Crippen molar-refractivity contribution in [1.82, 2.24) is 4.98 Å². The van der Waals surface area contributed by atoms with Crippen LogP contribution in [0.1, 0.15) is 35.6 Å². The van der Waals surface area contributed by atoms with Crippen molar-refractivity contribution in [2.75, 3.05) is 0 Å². The second-order valence-corrected chi connectivity index (χ2v) is 5.01. The van der Waals surface area contributed by atoms with E-state index in [1.807, 2.05) is 37.3 Å². The molecule has 2 aromatic rings. The van der Waals surface area contributed by atoms with E-state index in [0.717, 1.165) is 16.1 Å². The predicted molar refractivity (Wildman–Crippen MR) is 75.8 cm³/mol. The number of hydrogen-bond donors (Lipinski definition) is 1. The highest BCUT2D eigenvalue weighted by Gasteiger charge is 2.17. The van der Waals surface area contributed by atoms with E-state index >= 15 is 0 Å². The Morgan fingerprint density at radius 1 is 1.11 bits per heavy atom. The average molecular weight is 261 g/mol. The van der Waals surface area contributed by atoms with Crippen molar-refractivity contribution in [3.8, 4) is 0 Å². The van der Waals surface area contributed by atoms with Crippen molar-refractivity contribution in [2.45, 2.75) is 25.8 Å². The highest BCUT2D eigenvalue weighted by atomic mass is 35.5. The number of aromatic nitrogens is 1. The molecule has 18 heavy (non-hydrogen) atoms. The summed E-state index contributed by atoms with van der Waals surface area (Å²) < 4.78 is 0. The minimum Gasteiger partial charge on any atom is -0.323 e. The lowest BCUT2D eigenvalue weighted by Crippen LogP contribution is -2.17. The highest BCUT2D eigenvalue weighted by Crippen LogP contribution is 2.30. The molecule has 94 valence electrons. The Hall–Kier alpha value is -1.38. The van der Waals surface area contributed by atoms with E-state index in [1.54, 1.807) is 12.4 Å². The molecule has 0 aliphatic heterocycles. The van der Waals surface area contributed by atoms with Gasteiger partial charge < -0.3 is 5.73 Å². The van der Waals surface area contributed by atoms with Crippen LogP contribution in [0.3, 0.4) is 0 Å². The molecule has 1 aromatic carbocycles. The molecule has 2 unspecified atom stereocenters. The molecular formula is C15H17ClN2. The molecule has 2 atom stereocenters. The van der Waals surface area contributed by atoms with E-state index in [-0.39, 0.29) is 12.0 Å². The molecule has 1 aromatic heterocycles. The van der Waals surface area contributed by atoms with Crippen LogP contribution in [-0.4, -0.2) is 4.98 Å². The lowest BCUT2D eigenvalue weighted by atomic mass is 9.89. The van der Waals surface area contributed by atoms with Crippen LogP contribution < -0.4 is 5.73 Å². The van der Waals surface area contributed by atoms with Crippen LogP contribution in [-0.2, 0) is 0 Å². The van der Waals surface area contributed by atoms with Crippen LogP contribution >= 0.6 is 11.6 Å². The first-order valence-corrected chi connectivity index (χ1v) is 6.39. The summed E-state index contributed by atoms with van der Waals surface area (Å²) in [5, 5.41) is 0.768. The minimum absolute atomic E-state index is 0.0644. The van der Waals surface area contributed by atoms with Gasteiger partial charge in [0.15, 0.2) is 0 Å². The number of hydrogen-bond acceptors (Lipinski definition) is 2. The molecule has 0 radical (unpaired) electrons. The third-order valence-electron chi connectivity index (χ3n) is 3.35. The van der Waals surface area contributed by atoms with Gasteiger partial charge in [0.05, 0.1) is 0 Å². The Morgan fingerprint density at radius 3 is 2.39 bits per heavy atom. The number of halogens is 1. The zero-order valence-corrected chi connectivity index (χ0v) is 11.4. The van der Waals surface area contributed by atoms with Crippen molar-refractivity contribution in [3.63, 3.8) is 0 Å². The van der Waals surface area contributed by atoms with E-state index in [2.05, 4.69) is 11.9 Å². The molecule has 0 aliphatic carbocycles. The minimum atomic E-state index is -0.0644. The molecule has 0 saturated heterocycles. The normalized spacial score (nSPS) is 14.2. The zero-order chi connectivity index (χ0) is 13.1. The molecule has 2 nitrogen and oxygen atoms in total. The zero-order valence-electron chi connectivity index (χ0n) is 10.6. The van der Waals surface area contributed by atoms with Crippen LogP contribution in [0, 0.1) is 6.92 Å². The third-order valence-corrected chi connectivity index (χ3v) is 3.76. The predicted octanol–water partition coefficient (Wildman–Crippen LogP) is 3.85. The molecule has 0 saturated carbocycles. The lowest BCUT2D eigenvalue weighted by molar-refractivity contribution is 0.597. The van der Waals surface area contributed by atoms with Crippen molar-refractivity contribution in [3.05, 3.63) is 64.4 Å². The van der Waals surface area contributed by atoms with Crippen molar-refractivity contribution in [2.24, 2.45) is 5.73 Å². The molecule has 0 spiro atoms. The molecular weight excluding hydrogens is 244 g/mol. The Kier molecular flexibility index (Phi) is 4.00. The summed E-state index contributed by atoms with van der Waals surface area (Å²) in [5.74, 6) is 0.228. The smallest absolute Gasteiger partial charge is 0.0438 e. The molecule has 0 bridgehead atoms. The summed E-state index contributed by atoms with van der Waals surface area (Å²) in [6.07, 6.45) is 3.58. The number of nitrogens with zero attached hydrogens (tertiary/aromatic N) is 1. The van der Waals surface area contributed by atoms with Crippen molar-refractivity contribution >= 4 is 11.6 Å². The van der Waals surface area contributed by atoms with Crippen molar-refractivity contribution < 1.29 is 0 Å². The fourth-order valence-corrected chi connectivity index (χ4v) is 2.17. The fraction of sp³-hybridized carbons (Fsp3) is 0.267. The molecule has 0 aliphatic rings. The number of benzene rings is 1. The van der Waals surface area contributed by atoms with Gasteiger partial charge in [0.2, 0.25) is 0 Å². The monoisotopic (exact) mass is 260 g/mol. The summed E-state index contributed by atoms with van der Waals surface area (Å²) in [5.41, 5.74) is 9.64. The van der Waals surface area contributed by atoms with Crippen LogP contribution in [0.25, 0.3) is 0 Å². The van der Waals surface area contributed by atoms with Gasteiger partial charge in [-0.2, -0.15) is 0 Å². The third kappa shape index (κ3) is 2.71. The molecule has 0 amide bonds. The molecule has 3 heteroatoms. The van der Waals surface area contributed by atoms with E-state index in [0.29, 0.717) is 0 Å². The van der Waals surface area contributed by atoms with Gasteiger partial charge in [-0.05, 0) is 41.8 Å². The van der Waals surface area contributed by atoms with Crippen LogP contribution in [0.15, 0.2) is 42.7 Å². The average Bonchev–Trinajstić information content (AvgIpc) is 2.41. The maximum atomic E-state index is 6.31. The Labute approximate surface area is 113 Å². The molecule has 2 rings (SSSR count). The van der Waals surface area contributed by atoms with E-state index in [9.17, 15) is 0 Å². The maximum absolute atomic E-state index is 6.31. The Bertz CT molecular complexity index is 525. The van der Waals surface area contributed by atoms with Gasteiger partial charge in [0, 0.05) is 29.4 Å². The van der Waals surface area contributed by atoms with Crippen LogP contribution in [0.4, 0.5) is 0 Å². The lowest BCUT2D eigenvalue weighted by Gasteiger charge is -2.21. The van der Waals surface area contributed by atoms with Gasteiger partial charge in [0.1, 0.15) is 0 Å². The summed E-state index contributed by atoms with van der Waals surface area (Å²) >= 11 is 6.14. The topological polar surface area (TPSA) is 38.9 Å². The van der Waals surface area contributed by atoms with Gasteiger partial charge in [0.25, 0.3) is 0 Å². The quantitative estimate of drug-likeness (QED) is 0.911. The van der Waals surface area contributed by atoms with Gasteiger partial charge in [-0.25, -0.2) is 0 Å². The molecule has 1 heterocycles.